The lowest BCUT2D eigenvalue weighted by molar-refractivity contribution is -0.162. The Kier molecular flexibility index (Phi) is 9.00. The SMILES string of the molecule is C=CCN(C(=O)C1N(CCCCCCO)C(=O)[C@@H]2[C@H](C(=O)OCC)[C@]3(CC)CCC12O3)C1CCCCC1. The van der Waals surface area contributed by atoms with E-state index in [2.05, 4.69) is 6.58 Å². The summed E-state index contributed by atoms with van der Waals surface area (Å²) >= 11 is 0. The summed E-state index contributed by atoms with van der Waals surface area (Å²) in [7, 11) is 0. The Morgan fingerprint density at radius 3 is 2.54 bits per heavy atom. The first-order valence-electron chi connectivity index (χ1n) is 14.6. The molecule has 208 valence electrons. The fourth-order valence-electron chi connectivity index (χ4n) is 7.68. The van der Waals surface area contributed by atoms with E-state index in [9.17, 15) is 14.4 Å². The Labute approximate surface area is 221 Å². The van der Waals surface area contributed by atoms with Crippen LogP contribution in [0.3, 0.4) is 0 Å². The normalized spacial score (nSPS) is 33.0. The molecule has 3 heterocycles. The molecule has 3 saturated heterocycles. The van der Waals surface area contributed by atoms with Crippen LogP contribution in [0, 0.1) is 11.8 Å². The number of carbonyl (C=O) groups is 3. The monoisotopic (exact) mass is 518 g/mol. The van der Waals surface area contributed by atoms with E-state index < -0.39 is 29.1 Å². The lowest BCUT2D eigenvalue weighted by Crippen LogP contribution is -2.58. The van der Waals surface area contributed by atoms with Crippen molar-refractivity contribution in [3.05, 3.63) is 12.7 Å². The van der Waals surface area contributed by atoms with Gasteiger partial charge in [-0.25, -0.2) is 0 Å². The van der Waals surface area contributed by atoms with Crippen molar-refractivity contribution in [3.8, 4) is 0 Å². The van der Waals surface area contributed by atoms with E-state index in [4.69, 9.17) is 14.6 Å². The van der Waals surface area contributed by atoms with Gasteiger partial charge in [0.15, 0.2) is 0 Å². The van der Waals surface area contributed by atoms with Crippen molar-refractivity contribution < 1.29 is 29.0 Å². The van der Waals surface area contributed by atoms with E-state index in [1.807, 2.05) is 11.8 Å². The number of hydrogen-bond acceptors (Lipinski definition) is 6. The summed E-state index contributed by atoms with van der Waals surface area (Å²) in [6, 6.07) is -0.603. The largest absolute Gasteiger partial charge is 0.466 e. The number of aliphatic hydroxyl groups excluding tert-OH is 1. The average Bonchev–Trinajstić information content (AvgIpc) is 3.51. The van der Waals surface area contributed by atoms with Gasteiger partial charge in [-0.05, 0) is 51.9 Å². The van der Waals surface area contributed by atoms with Crippen LogP contribution in [0.15, 0.2) is 12.7 Å². The average molecular weight is 519 g/mol. The first-order valence-corrected chi connectivity index (χ1v) is 14.6. The molecule has 2 amide bonds. The number of esters is 1. The van der Waals surface area contributed by atoms with Crippen molar-refractivity contribution in [3.63, 3.8) is 0 Å². The molecule has 4 rings (SSSR count). The maximum Gasteiger partial charge on any atom is 0.312 e. The summed E-state index contributed by atoms with van der Waals surface area (Å²) in [4.78, 5) is 45.6. The molecular formula is C29H46N2O6. The molecule has 0 aromatic carbocycles. The van der Waals surface area contributed by atoms with E-state index in [1.165, 1.54) is 6.42 Å². The molecule has 0 aromatic rings. The lowest BCUT2D eigenvalue weighted by atomic mass is 9.65. The van der Waals surface area contributed by atoms with Crippen LogP contribution in [0.25, 0.3) is 0 Å². The predicted octanol–water partition coefficient (Wildman–Crippen LogP) is 3.60. The molecule has 1 saturated carbocycles. The van der Waals surface area contributed by atoms with Crippen LogP contribution in [0.1, 0.15) is 90.9 Å². The van der Waals surface area contributed by atoms with Crippen molar-refractivity contribution in [2.24, 2.45) is 11.8 Å². The van der Waals surface area contributed by atoms with Crippen LogP contribution < -0.4 is 0 Å². The minimum absolute atomic E-state index is 0.0607. The third kappa shape index (κ3) is 4.84. The predicted molar refractivity (Wildman–Crippen MR) is 140 cm³/mol. The van der Waals surface area contributed by atoms with Gasteiger partial charge in [-0.15, -0.1) is 6.58 Å². The van der Waals surface area contributed by atoms with Gasteiger partial charge >= 0.3 is 5.97 Å². The highest BCUT2D eigenvalue weighted by molar-refractivity contribution is 5.98. The summed E-state index contributed by atoms with van der Waals surface area (Å²) in [5.41, 5.74) is -1.76. The Morgan fingerprint density at radius 2 is 1.89 bits per heavy atom. The zero-order valence-electron chi connectivity index (χ0n) is 22.8. The van der Waals surface area contributed by atoms with Gasteiger partial charge in [-0.3, -0.25) is 14.4 Å². The van der Waals surface area contributed by atoms with Crippen LogP contribution in [0.5, 0.6) is 0 Å². The lowest BCUT2D eigenvalue weighted by Gasteiger charge is -2.41. The van der Waals surface area contributed by atoms with Gasteiger partial charge < -0.3 is 24.4 Å². The molecule has 2 bridgehead atoms. The van der Waals surface area contributed by atoms with Crippen LogP contribution in [-0.4, -0.2) is 82.3 Å². The van der Waals surface area contributed by atoms with Crippen molar-refractivity contribution >= 4 is 17.8 Å². The molecule has 1 spiro atoms. The quantitative estimate of drug-likeness (QED) is 0.227. The summed E-state index contributed by atoms with van der Waals surface area (Å²) < 4.78 is 12.3. The first-order chi connectivity index (χ1) is 17.9. The molecule has 8 nitrogen and oxygen atoms in total. The highest BCUT2D eigenvalue weighted by Crippen LogP contribution is 2.64. The molecule has 0 radical (unpaired) electrons. The molecule has 4 aliphatic rings. The summed E-state index contributed by atoms with van der Waals surface area (Å²) in [6.45, 7) is 8.99. The number of rotatable bonds is 13. The van der Waals surface area contributed by atoms with E-state index in [-0.39, 0.29) is 37.0 Å². The number of hydrogen-bond donors (Lipinski definition) is 1. The zero-order valence-corrected chi connectivity index (χ0v) is 22.8. The smallest absolute Gasteiger partial charge is 0.312 e. The minimum Gasteiger partial charge on any atom is -0.466 e. The van der Waals surface area contributed by atoms with Crippen molar-refractivity contribution in [1.82, 2.24) is 9.80 Å². The number of aliphatic hydroxyl groups is 1. The van der Waals surface area contributed by atoms with Gasteiger partial charge in [0.25, 0.3) is 0 Å². The summed E-state index contributed by atoms with van der Waals surface area (Å²) in [5.74, 6) is -1.96. The van der Waals surface area contributed by atoms with Gasteiger partial charge in [0.1, 0.15) is 17.6 Å². The number of unbranched alkanes of at least 4 members (excludes halogenated alkanes) is 3. The third-order valence-electron chi connectivity index (χ3n) is 9.39. The maximum absolute atomic E-state index is 14.5. The Morgan fingerprint density at radius 1 is 1.16 bits per heavy atom. The van der Waals surface area contributed by atoms with Crippen molar-refractivity contribution in [1.29, 1.82) is 0 Å². The van der Waals surface area contributed by atoms with Crippen molar-refractivity contribution in [2.45, 2.75) is 114 Å². The minimum atomic E-state index is -0.999. The highest BCUT2D eigenvalue weighted by Gasteiger charge is 2.79. The fourth-order valence-corrected chi connectivity index (χ4v) is 7.68. The molecular weight excluding hydrogens is 472 g/mol. The van der Waals surface area contributed by atoms with E-state index >= 15 is 0 Å². The Bertz CT molecular complexity index is 857. The van der Waals surface area contributed by atoms with Gasteiger partial charge in [-0.1, -0.05) is 45.1 Å². The molecule has 1 aliphatic carbocycles. The molecule has 1 N–H and O–H groups in total. The number of ether oxygens (including phenoxy) is 2. The maximum atomic E-state index is 14.5. The van der Waals surface area contributed by atoms with Crippen LogP contribution in [-0.2, 0) is 23.9 Å². The topological polar surface area (TPSA) is 96.4 Å². The van der Waals surface area contributed by atoms with E-state index in [0.717, 1.165) is 51.4 Å². The number of carbonyl (C=O) groups excluding carboxylic acids is 3. The Hall–Kier alpha value is -1.93. The van der Waals surface area contributed by atoms with E-state index in [0.29, 0.717) is 32.4 Å². The number of amides is 2. The van der Waals surface area contributed by atoms with Gasteiger partial charge in [0.05, 0.1) is 18.1 Å². The number of nitrogens with zero attached hydrogens (tertiary/aromatic N) is 2. The van der Waals surface area contributed by atoms with Gasteiger partial charge in [0.2, 0.25) is 11.8 Å². The molecule has 0 aromatic heterocycles. The second-order valence-electron chi connectivity index (χ2n) is 11.3. The second kappa shape index (κ2) is 11.9. The van der Waals surface area contributed by atoms with E-state index in [1.54, 1.807) is 17.9 Å². The summed E-state index contributed by atoms with van der Waals surface area (Å²) in [6.07, 6.45) is 12.1. The van der Waals surface area contributed by atoms with Gasteiger partial charge in [0, 0.05) is 25.7 Å². The molecule has 4 fully saturated rings. The van der Waals surface area contributed by atoms with Gasteiger partial charge in [-0.2, -0.15) is 0 Å². The van der Waals surface area contributed by atoms with Crippen LogP contribution in [0.4, 0.5) is 0 Å². The molecule has 8 heteroatoms. The first kappa shape index (κ1) is 28.1. The highest BCUT2D eigenvalue weighted by atomic mass is 16.6. The molecule has 37 heavy (non-hydrogen) atoms. The van der Waals surface area contributed by atoms with Crippen LogP contribution in [0.2, 0.25) is 0 Å². The molecule has 5 atom stereocenters. The Balaban J connectivity index is 1.70. The molecule has 2 unspecified atom stereocenters. The van der Waals surface area contributed by atoms with Crippen molar-refractivity contribution in [2.75, 3.05) is 26.3 Å². The zero-order chi connectivity index (χ0) is 26.6. The fraction of sp³-hybridized carbons (Fsp3) is 0.828. The molecule has 3 aliphatic heterocycles. The second-order valence-corrected chi connectivity index (χ2v) is 11.3. The standard InChI is InChI=1S/C29H46N2O6/c1-4-18-30(21-14-10-9-11-15-21)26(34)24-29-17-16-28(5-2,37-29)23(27(35)36-6-3)22(29)25(33)31(24)19-12-7-8-13-20-32/h4,21-24,32H,1,5-20H2,2-3H3/t22-,23+,24?,28-,29?/m0/s1. The summed E-state index contributed by atoms with van der Waals surface area (Å²) in [5, 5.41) is 9.14. The number of likely N-dealkylation sites (tertiary alicyclic amines) is 1. The van der Waals surface area contributed by atoms with Crippen LogP contribution >= 0.6 is 0 Å². The third-order valence-corrected chi connectivity index (χ3v) is 9.39. The number of fused-ring (bicyclic) bond motifs is 1.